The van der Waals surface area contributed by atoms with Crippen molar-refractivity contribution in [2.75, 3.05) is 12.4 Å². The molecule has 1 aliphatic carbocycles. The van der Waals surface area contributed by atoms with Crippen molar-refractivity contribution in [2.45, 2.75) is 44.7 Å². The van der Waals surface area contributed by atoms with Crippen molar-refractivity contribution in [1.29, 1.82) is 0 Å². The molecule has 3 rings (SSSR count). The number of carbonyl (C=O) groups is 2. The minimum absolute atomic E-state index is 0.144. The second kappa shape index (κ2) is 9.26. The lowest BCUT2D eigenvalue weighted by Gasteiger charge is -2.30. The minimum atomic E-state index is -0.396. The molecule has 0 spiro atoms. The highest BCUT2D eigenvalue weighted by Gasteiger charge is 2.27. The maximum absolute atomic E-state index is 13.1. The molecule has 0 heterocycles. The number of para-hydroxylation sites is 1. The largest absolute Gasteiger partial charge is 0.496 e. The molecular formula is C22H27N3O3. The van der Waals surface area contributed by atoms with Crippen LogP contribution in [0.25, 0.3) is 0 Å². The van der Waals surface area contributed by atoms with Gasteiger partial charge in [-0.1, -0.05) is 43.2 Å². The lowest BCUT2D eigenvalue weighted by molar-refractivity contribution is -0.117. The van der Waals surface area contributed by atoms with Crippen LogP contribution in [0.3, 0.4) is 0 Å². The number of hydrogen-bond donors (Lipinski definition) is 2. The number of methoxy groups -OCH3 is 1. The number of primary amides is 1. The van der Waals surface area contributed by atoms with Crippen molar-refractivity contribution in [3.8, 4) is 5.75 Å². The van der Waals surface area contributed by atoms with E-state index in [0.717, 1.165) is 42.6 Å². The normalized spacial score (nSPS) is 13.9. The number of nitrogens with zero attached hydrogens (tertiary/aromatic N) is 1. The zero-order chi connectivity index (χ0) is 19.9. The van der Waals surface area contributed by atoms with Crippen LogP contribution in [-0.2, 0) is 17.8 Å². The number of nitrogens with two attached hydrogens (primary N) is 1. The number of amides is 3. The SMILES string of the molecule is COc1ccccc1CN(C(=O)Nc1cccc(CC(N)=O)c1)C1CCCC1. The van der Waals surface area contributed by atoms with Gasteiger partial charge >= 0.3 is 6.03 Å². The fourth-order valence-electron chi connectivity index (χ4n) is 3.76. The summed E-state index contributed by atoms with van der Waals surface area (Å²) >= 11 is 0. The van der Waals surface area contributed by atoms with E-state index in [0.29, 0.717) is 12.2 Å². The van der Waals surface area contributed by atoms with Crippen molar-refractivity contribution in [3.05, 3.63) is 59.7 Å². The molecule has 0 atom stereocenters. The van der Waals surface area contributed by atoms with Crippen LogP contribution in [0.4, 0.5) is 10.5 Å². The minimum Gasteiger partial charge on any atom is -0.496 e. The molecule has 1 aliphatic rings. The van der Waals surface area contributed by atoms with E-state index < -0.39 is 5.91 Å². The molecule has 0 radical (unpaired) electrons. The first-order chi connectivity index (χ1) is 13.6. The van der Waals surface area contributed by atoms with Gasteiger partial charge < -0.3 is 20.7 Å². The molecule has 1 saturated carbocycles. The Balaban J connectivity index is 1.78. The van der Waals surface area contributed by atoms with Crippen LogP contribution in [0.5, 0.6) is 5.75 Å². The van der Waals surface area contributed by atoms with Gasteiger partial charge in [-0.2, -0.15) is 0 Å². The van der Waals surface area contributed by atoms with Gasteiger partial charge in [0, 0.05) is 17.3 Å². The van der Waals surface area contributed by atoms with E-state index in [1.807, 2.05) is 47.4 Å². The predicted molar refractivity (Wildman–Crippen MR) is 109 cm³/mol. The van der Waals surface area contributed by atoms with Crippen molar-refractivity contribution < 1.29 is 14.3 Å². The first kappa shape index (κ1) is 19.7. The molecule has 0 saturated heterocycles. The molecular weight excluding hydrogens is 354 g/mol. The van der Waals surface area contributed by atoms with Gasteiger partial charge in [-0.3, -0.25) is 4.79 Å². The van der Waals surface area contributed by atoms with Gasteiger partial charge in [0.25, 0.3) is 0 Å². The second-order valence-electron chi connectivity index (χ2n) is 7.15. The number of rotatable bonds is 7. The molecule has 3 N–H and O–H groups in total. The van der Waals surface area contributed by atoms with Crippen LogP contribution in [0, 0.1) is 0 Å². The van der Waals surface area contributed by atoms with Crippen molar-refractivity contribution in [2.24, 2.45) is 5.73 Å². The van der Waals surface area contributed by atoms with Crippen LogP contribution in [-0.4, -0.2) is 30.0 Å². The number of urea groups is 1. The van der Waals surface area contributed by atoms with Crippen LogP contribution in [0.15, 0.2) is 48.5 Å². The Morgan fingerprint density at radius 2 is 1.89 bits per heavy atom. The van der Waals surface area contributed by atoms with Gasteiger partial charge in [-0.15, -0.1) is 0 Å². The monoisotopic (exact) mass is 381 g/mol. The van der Waals surface area contributed by atoms with E-state index in [-0.39, 0.29) is 18.5 Å². The third kappa shape index (κ3) is 5.03. The van der Waals surface area contributed by atoms with E-state index >= 15 is 0 Å². The zero-order valence-corrected chi connectivity index (χ0v) is 16.2. The smallest absolute Gasteiger partial charge is 0.322 e. The number of ether oxygens (including phenoxy) is 1. The lowest BCUT2D eigenvalue weighted by Crippen LogP contribution is -2.41. The molecule has 1 fully saturated rings. The summed E-state index contributed by atoms with van der Waals surface area (Å²) in [6.45, 7) is 0.488. The third-order valence-corrected chi connectivity index (χ3v) is 5.12. The summed E-state index contributed by atoms with van der Waals surface area (Å²) in [5.74, 6) is 0.383. The third-order valence-electron chi connectivity index (χ3n) is 5.12. The summed E-state index contributed by atoms with van der Waals surface area (Å²) in [6, 6.07) is 15.1. The number of anilines is 1. The van der Waals surface area contributed by atoms with E-state index in [4.69, 9.17) is 10.5 Å². The summed E-state index contributed by atoms with van der Waals surface area (Å²) in [5.41, 5.74) is 7.69. The van der Waals surface area contributed by atoms with Crippen LogP contribution in [0.1, 0.15) is 36.8 Å². The quantitative estimate of drug-likeness (QED) is 0.767. The Labute approximate surface area is 165 Å². The highest BCUT2D eigenvalue weighted by molar-refractivity contribution is 5.90. The molecule has 0 unspecified atom stereocenters. The first-order valence-corrected chi connectivity index (χ1v) is 9.63. The van der Waals surface area contributed by atoms with Gasteiger partial charge in [0.1, 0.15) is 5.75 Å². The second-order valence-corrected chi connectivity index (χ2v) is 7.15. The van der Waals surface area contributed by atoms with E-state index in [2.05, 4.69) is 5.32 Å². The van der Waals surface area contributed by atoms with E-state index in [9.17, 15) is 9.59 Å². The number of carbonyl (C=O) groups excluding carboxylic acids is 2. The lowest BCUT2D eigenvalue weighted by atomic mass is 10.1. The molecule has 148 valence electrons. The van der Waals surface area contributed by atoms with Crippen molar-refractivity contribution >= 4 is 17.6 Å². The van der Waals surface area contributed by atoms with Gasteiger partial charge in [-0.25, -0.2) is 4.79 Å². The zero-order valence-electron chi connectivity index (χ0n) is 16.2. The van der Waals surface area contributed by atoms with Crippen LogP contribution >= 0.6 is 0 Å². The number of nitrogens with one attached hydrogen (secondary N) is 1. The van der Waals surface area contributed by atoms with Gasteiger partial charge in [0.15, 0.2) is 0 Å². The Kier molecular flexibility index (Phi) is 6.53. The predicted octanol–water partition coefficient (Wildman–Crippen LogP) is 3.70. The fraction of sp³-hybridized carbons (Fsp3) is 0.364. The molecule has 6 nitrogen and oxygen atoms in total. The summed E-state index contributed by atoms with van der Waals surface area (Å²) in [6.07, 6.45) is 4.43. The Morgan fingerprint density at radius 1 is 1.14 bits per heavy atom. The number of hydrogen-bond acceptors (Lipinski definition) is 3. The highest BCUT2D eigenvalue weighted by Crippen LogP contribution is 2.28. The van der Waals surface area contributed by atoms with E-state index in [1.165, 1.54) is 0 Å². The fourth-order valence-corrected chi connectivity index (χ4v) is 3.76. The highest BCUT2D eigenvalue weighted by atomic mass is 16.5. The summed E-state index contributed by atoms with van der Waals surface area (Å²) in [5, 5.41) is 2.98. The van der Waals surface area contributed by atoms with Gasteiger partial charge in [-0.05, 0) is 36.6 Å². The standard InChI is InChI=1S/C22H27N3O3/c1-28-20-12-5-2-8-17(20)15-25(19-10-3-4-11-19)22(27)24-18-9-6-7-16(13-18)14-21(23)26/h2,5-9,12-13,19H,3-4,10-11,14-15H2,1H3,(H2,23,26)(H,24,27). The molecule has 0 aliphatic heterocycles. The van der Waals surface area contributed by atoms with Crippen molar-refractivity contribution in [1.82, 2.24) is 4.90 Å². The molecule has 0 bridgehead atoms. The Hall–Kier alpha value is -3.02. The number of benzene rings is 2. The molecule has 28 heavy (non-hydrogen) atoms. The van der Waals surface area contributed by atoms with Gasteiger partial charge in [0.05, 0.1) is 20.1 Å². The van der Waals surface area contributed by atoms with Crippen molar-refractivity contribution in [3.63, 3.8) is 0 Å². The summed E-state index contributed by atoms with van der Waals surface area (Å²) < 4.78 is 5.46. The Bertz CT molecular complexity index is 831. The van der Waals surface area contributed by atoms with Crippen LogP contribution < -0.4 is 15.8 Å². The van der Waals surface area contributed by atoms with Gasteiger partial charge in [0.2, 0.25) is 5.91 Å². The van der Waals surface area contributed by atoms with E-state index in [1.54, 1.807) is 13.2 Å². The first-order valence-electron chi connectivity index (χ1n) is 9.63. The average Bonchev–Trinajstić information content (AvgIpc) is 3.20. The summed E-state index contributed by atoms with van der Waals surface area (Å²) in [4.78, 5) is 26.2. The molecule has 3 amide bonds. The maximum Gasteiger partial charge on any atom is 0.322 e. The maximum atomic E-state index is 13.1. The topological polar surface area (TPSA) is 84.7 Å². The molecule has 2 aromatic carbocycles. The van der Waals surface area contributed by atoms with Crippen LogP contribution in [0.2, 0.25) is 0 Å². The average molecular weight is 381 g/mol. The molecule has 2 aromatic rings. The Morgan fingerprint density at radius 3 is 2.61 bits per heavy atom. The molecule has 6 heteroatoms. The summed E-state index contributed by atoms with van der Waals surface area (Å²) in [7, 11) is 1.64. The molecule has 0 aromatic heterocycles.